The Labute approximate surface area is 117 Å². The Bertz CT molecular complexity index is 705. The molecule has 0 aliphatic carbocycles. The molecule has 0 aliphatic heterocycles. The van der Waals surface area contributed by atoms with E-state index in [9.17, 15) is 9.90 Å². The summed E-state index contributed by atoms with van der Waals surface area (Å²) in [6, 6.07) is 4.99. The second kappa shape index (κ2) is 5.36. The molecular formula is C15H18N2O3. The summed E-state index contributed by atoms with van der Waals surface area (Å²) < 4.78 is 6.66. The van der Waals surface area contributed by atoms with E-state index in [0.29, 0.717) is 23.4 Å². The predicted octanol–water partition coefficient (Wildman–Crippen LogP) is 2.03. The smallest absolute Gasteiger partial charge is 0.278 e. The number of phenolic OH excluding ortho intramolecular Hbond substituents is 1. The summed E-state index contributed by atoms with van der Waals surface area (Å²) >= 11 is 0. The van der Waals surface area contributed by atoms with Crippen molar-refractivity contribution >= 4 is 0 Å². The zero-order chi connectivity index (χ0) is 14.9. The van der Waals surface area contributed by atoms with Crippen molar-refractivity contribution in [1.29, 1.82) is 0 Å². The van der Waals surface area contributed by atoms with Crippen LogP contribution >= 0.6 is 0 Å². The van der Waals surface area contributed by atoms with Crippen LogP contribution < -0.4 is 10.3 Å². The third kappa shape index (κ3) is 2.27. The van der Waals surface area contributed by atoms with Gasteiger partial charge in [0.05, 0.1) is 12.7 Å². The Morgan fingerprint density at radius 2 is 2.10 bits per heavy atom. The lowest BCUT2D eigenvalue weighted by Crippen LogP contribution is -2.23. The topological polar surface area (TPSA) is 64.3 Å². The molecule has 5 nitrogen and oxygen atoms in total. The first-order valence-corrected chi connectivity index (χ1v) is 6.43. The van der Waals surface area contributed by atoms with E-state index in [-0.39, 0.29) is 11.3 Å². The van der Waals surface area contributed by atoms with Crippen LogP contribution in [0.5, 0.6) is 11.5 Å². The van der Waals surface area contributed by atoms with E-state index >= 15 is 0 Å². The Hall–Kier alpha value is -2.30. The second-order valence-electron chi connectivity index (χ2n) is 4.62. The molecule has 1 N–H and O–H groups in total. The molecule has 0 saturated carbocycles. The number of phenols is 1. The standard InChI is InChI=1S/C15H18N2O3/c1-5-10-8-11(18)6-7-12(10)13-14(20-4)9(2)16-17(3)15(13)19/h6-8,18H,5H2,1-4H3. The number of aromatic nitrogens is 2. The van der Waals surface area contributed by atoms with Gasteiger partial charge in [0.1, 0.15) is 11.4 Å². The van der Waals surface area contributed by atoms with Crippen molar-refractivity contribution in [2.24, 2.45) is 7.05 Å². The molecule has 20 heavy (non-hydrogen) atoms. The van der Waals surface area contributed by atoms with Crippen LogP contribution in [0.25, 0.3) is 11.1 Å². The lowest BCUT2D eigenvalue weighted by atomic mass is 9.97. The monoisotopic (exact) mass is 274 g/mol. The van der Waals surface area contributed by atoms with Gasteiger partial charge in [-0.2, -0.15) is 5.10 Å². The number of ether oxygens (including phenoxy) is 1. The zero-order valence-electron chi connectivity index (χ0n) is 12.1. The van der Waals surface area contributed by atoms with Gasteiger partial charge in [0.2, 0.25) is 0 Å². The van der Waals surface area contributed by atoms with Gasteiger partial charge < -0.3 is 9.84 Å². The Morgan fingerprint density at radius 3 is 2.70 bits per heavy atom. The van der Waals surface area contributed by atoms with Gasteiger partial charge in [-0.3, -0.25) is 4.79 Å². The van der Waals surface area contributed by atoms with Crippen molar-refractivity contribution in [1.82, 2.24) is 9.78 Å². The first-order valence-electron chi connectivity index (χ1n) is 6.43. The summed E-state index contributed by atoms with van der Waals surface area (Å²) in [6.07, 6.45) is 0.706. The van der Waals surface area contributed by atoms with Gasteiger partial charge in [0.15, 0.2) is 5.75 Å². The molecule has 0 atom stereocenters. The zero-order valence-corrected chi connectivity index (χ0v) is 12.1. The number of hydrogen-bond donors (Lipinski definition) is 1. The Kier molecular flexibility index (Phi) is 3.79. The molecule has 1 aromatic carbocycles. The fraction of sp³-hybridized carbons (Fsp3) is 0.333. The molecule has 0 fully saturated rings. The summed E-state index contributed by atoms with van der Waals surface area (Å²) in [6.45, 7) is 3.77. The molecule has 1 heterocycles. The number of aryl methyl sites for hydroxylation is 3. The van der Waals surface area contributed by atoms with E-state index in [1.54, 1.807) is 32.2 Å². The maximum atomic E-state index is 12.4. The van der Waals surface area contributed by atoms with Crippen molar-refractivity contribution in [2.45, 2.75) is 20.3 Å². The van der Waals surface area contributed by atoms with E-state index in [1.807, 2.05) is 6.92 Å². The van der Waals surface area contributed by atoms with E-state index in [2.05, 4.69) is 5.10 Å². The molecule has 106 valence electrons. The fourth-order valence-corrected chi connectivity index (χ4v) is 2.36. The molecular weight excluding hydrogens is 256 g/mol. The predicted molar refractivity (Wildman–Crippen MR) is 77.2 cm³/mol. The van der Waals surface area contributed by atoms with Crippen molar-refractivity contribution in [3.05, 3.63) is 39.8 Å². The van der Waals surface area contributed by atoms with Crippen LogP contribution in [0.2, 0.25) is 0 Å². The molecule has 0 unspecified atom stereocenters. The van der Waals surface area contributed by atoms with Crippen molar-refractivity contribution in [3.63, 3.8) is 0 Å². The van der Waals surface area contributed by atoms with Crippen LogP contribution in [-0.2, 0) is 13.5 Å². The van der Waals surface area contributed by atoms with E-state index < -0.39 is 0 Å². The Balaban J connectivity index is 2.85. The highest BCUT2D eigenvalue weighted by Crippen LogP contribution is 2.32. The van der Waals surface area contributed by atoms with E-state index in [1.165, 1.54) is 11.8 Å². The number of hydrogen-bond acceptors (Lipinski definition) is 4. The Morgan fingerprint density at radius 1 is 1.40 bits per heavy atom. The molecule has 5 heteroatoms. The van der Waals surface area contributed by atoms with E-state index in [4.69, 9.17) is 4.74 Å². The average Bonchev–Trinajstić information content (AvgIpc) is 2.42. The maximum Gasteiger partial charge on any atom is 0.278 e. The van der Waals surface area contributed by atoms with E-state index in [0.717, 1.165) is 11.1 Å². The van der Waals surface area contributed by atoms with Gasteiger partial charge in [0.25, 0.3) is 5.56 Å². The van der Waals surface area contributed by atoms with Gasteiger partial charge in [-0.1, -0.05) is 13.0 Å². The number of benzene rings is 1. The van der Waals surface area contributed by atoms with Crippen molar-refractivity contribution < 1.29 is 9.84 Å². The van der Waals surface area contributed by atoms with Crippen molar-refractivity contribution in [2.75, 3.05) is 7.11 Å². The van der Waals surface area contributed by atoms with Gasteiger partial charge in [-0.25, -0.2) is 4.68 Å². The van der Waals surface area contributed by atoms with Crippen LogP contribution in [0.3, 0.4) is 0 Å². The first-order chi connectivity index (χ1) is 9.49. The second-order valence-corrected chi connectivity index (χ2v) is 4.62. The van der Waals surface area contributed by atoms with Gasteiger partial charge >= 0.3 is 0 Å². The number of aromatic hydroxyl groups is 1. The highest BCUT2D eigenvalue weighted by atomic mass is 16.5. The van der Waals surface area contributed by atoms with Crippen LogP contribution in [0, 0.1) is 6.92 Å². The molecule has 0 aliphatic rings. The first kappa shape index (κ1) is 14.1. The van der Waals surface area contributed by atoms with Crippen LogP contribution in [0.4, 0.5) is 0 Å². The number of rotatable bonds is 3. The average molecular weight is 274 g/mol. The molecule has 0 amide bonds. The van der Waals surface area contributed by atoms with Gasteiger partial charge in [-0.05, 0) is 36.6 Å². The van der Waals surface area contributed by atoms with Gasteiger partial charge in [-0.15, -0.1) is 0 Å². The molecule has 0 bridgehead atoms. The summed E-state index contributed by atoms with van der Waals surface area (Å²) in [5.74, 6) is 0.667. The largest absolute Gasteiger partial charge is 0.508 e. The lowest BCUT2D eigenvalue weighted by molar-refractivity contribution is 0.405. The molecule has 0 radical (unpaired) electrons. The van der Waals surface area contributed by atoms with Crippen LogP contribution in [0.15, 0.2) is 23.0 Å². The van der Waals surface area contributed by atoms with Crippen molar-refractivity contribution in [3.8, 4) is 22.6 Å². The minimum absolute atomic E-state index is 0.187. The molecule has 2 aromatic rings. The fourth-order valence-electron chi connectivity index (χ4n) is 2.36. The summed E-state index contributed by atoms with van der Waals surface area (Å²) in [7, 11) is 3.14. The molecule has 0 saturated heterocycles. The number of methoxy groups -OCH3 is 1. The SMILES string of the molecule is CCc1cc(O)ccc1-c1c(OC)c(C)nn(C)c1=O. The number of nitrogens with zero attached hydrogens (tertiary/aromatic N) is 2. The molecule has 2 rings (SSSR count). The molecule has 1 aromatic heterocycles. The highest BCUT2D eigenvalue weighted by Gasteiger charge is 2.18. The maximum absolute atomic E-state index is 12.4. The summed E-state index contributed by atoms with van der Waals surface area (Å²) in [4.78, 5) is 12.4. The van der Waals surface area contributed by atoms with Gasteiger partial charge in [0, 0.05) is 7.05 Å². The highest BCUT2D eigenvalue weighted by molar-refractivity contribution is 5.74. The lowest BCUT2D eigenvalue weighted by Gasteiger charge is -2.14. The van der Waals surface area contributed by atoms with Crippen LogP contribution in [0.1, 0.15) is 18.2 Å². The third-order valence-electron chi connectivity index (χ3n) is 3.31. The summed E-state index contributed by atoms with van der Waals surface area (Å²) in [5.41, 5.74) is 2.59. The quantitative estimate of drug-likeness (QED) is 0.930. The minimum atomic E-state index is -0.215. The molecule has 0 spiro atoms. The normalized spacial score (nSPS) is 10.6. The third-order valence-corrected chi connectivity index (χ3v) is 3.31. The van der Waals surface area contributed by atoms with Crippen LogP contribution in [-0.4, -0.2) is 22.0 Å². The summed E-state index contributed by atoms with van der Waals surface area (Å²) in [5, 5.41) is 13.7. The minimum Gasteiger partial charge on any atom is -0.508 e.